The van der Waals surface area contributed by atoms with Crippen LogP contribution in [0.3, 0.4) is 0 Å². The number of anilines is 3. The molecule has 15 rings (SSSR count). The van der Waals surface area contributed by atoms with E-state index < -0.39 is 5.97 Å². The molecular weight excluding hydrogens is 1310 g/mol. The largest absolute Gasteiger partial charge is 0.478 e. The normalized spacial score (nSPS) is 10.9. The molecule has 0 spiro atoms. The highest BCUT2D eigenvalue weighted by Gasteiger charge is 2.14. The average Bonchev–Trinajstić information content (AvgIpc) is 1.08. The zero-order chi connectivity index (χ0) is 67.5. The Kier molecular flexibility index (Phi) is 21.1. The standard InChI is InChI=1S/2C24H18ClN5O2.C16H11ClN2O2.C8H9N3O.CH4/c2*25-18-10-17-7-14(2-4-21(17)28-13-18)8-19-11-16(5-6-27-19)24(31)29-12-15-1-3-20-22(9-15)32-30-23(20)26;17-13-7-12-5-10(1-2-15(12)19-9-13)6-14-8-11(16(20)21)3-4-18-14;9-4-5-1-2-7-6(3-5)8(10)11-12-7;/h2*1-7,9-11,13H,8,12H2,(H2,26,30)(H,29,31);1-5,7-9H,6H2,(H,20,21);1-3H,4,9H2,(H2,10,11);1H4. The lowest BCUT2D eigenvalue weighted by molar-refractivity contribution is 0.0696. The van der Waals surface area contributed by atoms with Gasteiger partial charge in [0, 0.05) is 120 Å². The van der Waals surface area contributed by atoms with Crippen LogP contribution in [0.5, 0.6) is 0 Å². The first-order chi connectivity index (χ1) is 47.0. The maximum Gasteiger partial charge on any atom is 0.335 e. The van der Waals surface area contributed by atoms with Gasteiger partial charge in [0.2, 0.25) is 0 Å². The number of rotatable bonds is 14. The topological polar surface area (TPSA) is 355 Å². The van der Waals surface area contributed by atoms with Crippen molar-refractivity contribution in [2.75, 3.05) is 17.2 Å². The predicted molar refractivity (Wildman–Crippen MR) is 381 cm³/mol. The summed E-state index contributed by atoms with van der Waals surface area (Å²) in [5, 5.41) is 33.0. The van der Waals surface area contributed by atoms with E-state index in [1.807, 2.05) is 127 Å². The van der Waals surface area contributed by atoms with Crippen molar-refractivity contribution < 1.29 is 33.1 Å². The molecule has 490 valence electrons. The molecule has 25 heteroatoms. The molecule has 0 fully saturated rings. The van der Waals surface area contributed by atoms with Crippen LogP contribution in [0.15, 0.2) is 215 Å². The zero-order valence-electron chi connectivity index (χ0n) is 51.2. The first-order valence-electron chi connectivity index (χ1n) is 29.9. The molecule has 11 N–H and O–H groups in total. The fraction of sp³-hybridized carbons (Fsp3) is 0.0959. The van der Waals surface area contributed by atoms with Gasteiger partial charge in [0.1, 0.15) is 0 Å². The highest BCUT2D eigenvalue weighted by Crippen LogP contribution is 2.27. The Bertz CT molecular complexity index is 5210. The van der Waals surface area contributed by atoms with E-state index >= 15 is 0 Å². The number of nitrogens with one attached hydrogen (secondary N) is 2. The summed E-state index contributed by atoms with van der Waals surface area (Å²) in [6.07, 6.45) is 11.4. The van der Waals surface area contributed by atoms with Crippen LogP contribution in [0, 0.1) is 0 Å². The fourth-order valence-electron chi connectivity index (χ4n) is 10.5. The van der Waals surface area contributed by atoms with E-state index in [1.54, 1.807) is 61.3 Å². The van der Waals surface area contributed by atoms with Gasteiger partial charge in [-0.2, -0.15) is 0 Å². The second kappa shape index (κ2) is 30.6. The third-order valence-electron chi connectivity index (χ3n) is 15.3. The molecule has 0 aliphatic carbocycles. The van der Waals surface area contributed by atoms with E-state index in [-0.39, 0.29) is 24.8 Å². The summed E-state index contributed by atoms with van der Waals surface area (Å²) in [6.45, 7) is 1.21. The van der Waals surface area contributed by atoms with Crippen LogP contribution in [-0.2, 0) is 38.9 Å². The Hall–Kier alpha value is -12.0. The van der Waals surface area contributed by atoms with Gasteiger partial charge in [-0.1, -0.05) is 94.1 Å². The van der Waals surface area contributed by atoms with Crippen LogP contribution in [-0.4, -0.2) is 68.3 Å². The number of nitrogen functional groups attached to an aromatic ring is 3. The number of aromatic carboxylic acids is 1. The molecule has 9 aromatic heterocycles. The zero-order valence-corrected chi connectivity index (χ0v) is 53.4. The molecular formula is C73H60Cl3N15O7. The van der Waals surface area contributed by atoms with Crippen molar-refractivity contribution in [1.82, 2.24) is 56.0 Å². The highest BCUT2D eigenvalue weighted by atomic mass is 35.5. The van der Waals surface area contributed by atoms with E-state index in [4.69, 9.17) is 76.4 Å². The van der Waals surface area contributed by atoms with Crippen molar-refractivity contribution >= 4 is 136 Å². The molecule has 0 radical (unpaired) electrons. The molecule has 0 unspecified atom stereocenters. The SMILES string of the molecule is C.NCc1ccc2onc(N)c2c1.Nc1noc2cc(CNC(=O)c3ccnc(Cc4ccc5ncc(Cl)cc5c4)c3)ccc12.Nc1noc2cc(CNC(=O)c3ccnc(Cc4ccc5ncc(Cl)cc5c4)c3)ccc12.O=C(O)c1ccnc(Cc2ccc3ncc(Cl)cc3c2)c1. The van der Waals surface area contributed by atoms with Crippen LogP contribution in [0.2, 0.25) is 15.1 Å². The summed E-state index contributed by atoms with van der Waals surface area (Å²) in [5.74, 6) is -0.189. The number of hydrogen-bond acceptors (Lipinski definition) is 19. The van der Waals surface area contributed by atoms with Gasteiger partial charge in [0.15, 0.2) is 34.2 Å². The predicted octanol–water partition coefficient (Wildman–Crippen LogP) is 14.1. The second-order valence-electron chi connectivity index (χ2n) is 22.2. The van der Waals surface area contributed by atoms with Gasteiger partial charge in [-0.25, -0.2) is 4.79 Å². The molecule has 9 heterocycles. The number of halogens is 3. The number of nitrogens with two attached hydrogens (primary N) is 4. The molecule has 6 aromatic carbocycles. The van der Waals surface area contributed by atoms with Crippen molar-refractivity contribution in [2.24, 2.45) is 5.73 Å². The van der Waals surface area contributed by atoms with Crippen LogP contribution in [0.25, 0.3) is 65.6 Å². The fourth-order valence-corrected chi connectivity index (χ4v) is 11.0. The number of carbonyl (C=O) groups is 3. The number of nitrogens with zero attached hydrogens (tertiary/aromatic N) is 9. The first kappa shape index (κ1) is 67.5. The average molecular weight is 1370 g/mol. The number of aromatic nitrogens is 9. The van der Waals surface area contributed by atoms with E-state index in [0.29, 0.717) is 105 Å². The van der Waals surface area contributed by atoms with Crippen LogP contribution in [0.4, 0.5) is 17.5 Å². The molecule has 0 bridgehead atoms. The van der Waals surface area contributed by atoms with Gasteiger partial charge in [0.05, 0.1) is 53.3 Å². The highest BCUT2D eigenvalue weighted by molar-refractivity contribution is 6.31. The van der Waals surface area contributed by atoms with Crippen molar-refractivity contribution in [1.29, 1.82) is 0 Å². The minimum Gasteiger partial charge on any atom is -0.478 e. The lowest BCUT2D eigenvalue weighted by Gasteiger charge is -2.08. The maximum absolute atomic E-state index is 12.7. The summed E-state index contributed by atoms with van der Waals surface area (Å²) in [5.41, 5.74) is 36.6. The van der Waals surface area contributed by atoms with Crippen molar-refractivity contribution in [2.45, 2.75) is 46.3 Å². The Morgan fingerprint density at radius 2 is 0.765 bits per heavy atom. The molecule has 0 aliphatic rings. The van der Waals surface area contributed by atoms with E-state index in [2.05, 4.69) is 56.0 Å². The number of pyridine rings is 6. The van der Waals surface area contributed by atoms with Gasteiger partial charge in [0.25, 0.3) is 11.8 Å². The van der Waals surface area contributed by atoms with Crippen molar-refractivity contribution in [3.8, 4) is 0 Å². The maximum atomic E-state index is 12.7. The van der Waals surface area contributed by atoms with Crippen molar-refractivity contribution in [3.05, 3.63) is 283 Å². The van der Waals surface area contributed by atoms with E-state index in [0.717, 1.165) is 93.6 Å². The Balaban J connectivity index is 0.000000139. The number of carboxylic acids is 1. The van der Waals surface area contributed by atoms with Crippen molar-refractivity contribution in [3.63, 3.8) is 0 Å². The molecule has 0 saturated heterocycles. The minimum atomic E-state index is -0.951. The third kappa shape index (κ3) is 16.7. The summed E-state index contributed by atoms with van der Waals surface area (Å²) in [7, 11) is 0. The van der Waals surface area contributed by atoms with Gasteiger partial charge in [-0.3, -0.25) is 39.5 Å². The molecule has 22 nitrogen and oxygen atoms in total. The van der Waals surface area contributed by atoms with Crippen LogP contribution < -0.4 is 33.6 Å². The molecule has 0 aliphatic heterocycles. The number of fused-ring (bicyclic) bond motifs is 6. The van der Waals surface area contributed by atoms with Gasteiger partial charge < -0.3 is 52.2 Å². The van der Waals surface area contributed by atoms with Gasteiger partial charge >= 0.3 is 5.97 Å². The lowest BCUT2D eigenvalue weighted by atomic mass is 10.0. The monoisotopic (exact) mass is 1360 g/mol. The Morgan fingerprint density at radius 1 is 0.398 bits per heavy atom. The molecule has 2 amide bonds. The number of hydrogen-bond donors (Lipinski definition) is 7. The minimum absolute atomic E-state index is 0. The molecule has 15 aromatic rings. The summed E-state index contributed by atoms with van der Waals surface area (Å²) in [6, 6.07) is 50.2. The van der Waals surface area contributed by atoms with Crippen LogP contribution >= 0.6 is 34.8 Å². The smallest absolute Gasteiger partial charge is 0.335 e. The number of amides is 2. The van der Waals surface area contributed by atoms with Crippen LogP contribution in [0.1, 0.15) is 89.0 Å². The summed E-state index contributed by atoms with van der Waals surface area (Å²) >= 11 is 18.1. The Morgan fingerprint density at radius 3 is 1.17 bits per heavy atom. The van der Waals surface area contributed by atoms with E-state index in [1.165, 1.54) is 12.3 Å². The second-order valence-corrected chi connectivity index (χ2v) is 23.6. The first-order valence-corrected chi connectivity index (χ1v) is 31.0. The van der Waals surface area contributed by atoms with E-state index in [9.17, 15) is 14.4 Å². The molecule has 0 saturated carbocycles. The number of benzene rings is 6. The third-order valence-corrected chi connectivity index (χ3v) is 16.0. The quantitative estimate of drug-likeness (QED) is 0.0532. The molecule has 0 atom stereocenters. The van der Waals surface area contributed by atoms with Gasteiger partial charge in [-0.15, -0.1) is 0 Å². The summed E-state index contributed by atoms with van der Waals surface area (Å²) < 4.78 is 15.3. The molecule has 98 heavy (non-hydrogen) atoms. The number of carbonyl (C=O) groups excluding carboxylic acids is 2. The number of carboxylic acid groups (broad SMARTS) is 1. The lowest BCUT2D eigenvalue weighted by Crippen LogP contribution is -2.23. The Labute approximate surface area is 574 Å². The summed E-state index contributed by atoms with van der Waals surface area (Å²) in [4.78, 5) is 62.2. The van der Waals surface area contributed by atoms with Gasteiger partial charge in [-0.05, 0) is 161 Å².